The Bertz CT molecular complexity index is 956. The van der Waals surface area contributed by atoms with Crippen LogP contribution in [0, 0.1) is 6.92 Å². The van der Waals surface area contributed by atoms with Crippen LogP contribution in [0.5, 0.6) is 0 Å². The molecule has 0 fully saturated rings. The van der Waals surface area contributed by atoms with Gasteiger partial charge < -0.3 is 11.1 Å². The highest BCUT2D eigenvalue weighted by molar-refractivity contribution is 6.05. The second-order valence-corrected chi connectivity index (χ2v) is 6.04. The number of carbonyl (C=O) groups excluding carboxylic acids is 2. The fourth-order valence-electron chi connectivity index (χ4n) is 2.60. The van der Waals surface area contributed by atoms with E-state index in [0.717, 1.165) is 24.1 Å². The summed E-state index contributed by atoms with van der Waals surface area (Å²) in [5.74, 6) is -0.955. The van der Waals surface area contributed by atoms with Gasteiger partial charge in [0.05, 0.1) is 17.6 Å². The molecule has 4 N–H and O–H groups in total. The minimum Gasteiger partial charge on any atom is -0.366 e. The molecule has 0 unspecified atom stereocenters. The fraction of sp³-hybridized carbons (Fsp3) is 0.222. The molecule has 0 spiro atoms. The van der Waals surface area contributed by atoms with Gasteiger partial charge in [-0.05, 0) is 43.2 Å². The summed E-state index contributed by atoms with van der Waals surface area (Å²) in [6, 6.07) is 6.54. The van der Waals surface area contributed by atoms with Crippen molar-refractivity contribution < 1.29 is 9.59 Å². The zero-order chi connectivity index (χ0) is 18.7. The highest BCUT2D eigenvalue weighted by atomic mass is 16.2. The molecule has 8 heteroatoms. The molecule has 1 aromatic carbocycles. The van der Waals surface area contributed by atoms with E-state index in [1.807, 2.05) is 20.0 Å². The van der Waals surface area contributed by atoms with Crippen LogP contribution in [0.2, 0.25) is 0 Å². The quantitative estimate of drug-likeness (QED) is 0.630. The normalized spacial score (nSPS) is 10.7. The third-order valence-electron chi connectivity index (χ3n) is 3.87. The SMILES string of the molecule is CCCc1cc(C(=O)Nc2cc(C(N)=O)ccc2-n2cc(C)cn2)n[nH]1. The number of nitrogens with zero attached hydrogens (tertiary/aromatic N) is 3. The number of nitrogens with two attached hydrogens (primary N) is 1. The van der Waals surface area contributed by atoms with E-state index >= 15 is 0 Å². The smallest absolute Gasteiger partial charge is 0.276 e. The summed E-state index contributed by atoms with van der Waals surface area (Å²) in [5, 5.41) is 13.9. The summed E-state index contributed by atoms with van der Waals surface area (Å²) in [7, 11) is 0. The summed E-state index contributed by atoms with van der Waals surface area (Å²) >= 11 is 0. The van der Waals surface area contributed by atoms with Gasteiger partial charge in [-0.15, -0.1) is 0 Å². The van der Waals surface area contributed by atoms with E-state index in [0.29, 0.717) is 16.9 Å². The predicted molar refractivity (Wildman–Crippen MR) is 97.4 cm³/mol. The van der Waals surface area contributed by atoms with Crippen molar-refractivity contribution in [2.45, 2.75) is 26.7 Å². The minimum absolute atomic E-state index is 0.278. The molecule has 3 rings (SSSR count). The molecule has 26 heavy (non-hydrogen) atoms. The molecule has 134 valence electrons. The van der Waals surface area contributed by atoms with Gasteiger partial charge in [-0.2, -0.15) is 10.2 Å². The summed E-state index contributed by atoms with van der Waals surface area (Å²) < 4.78 is 1.63. The van der Waals surface area contributed by atoms with E-state index in [-0.39, 0.29) is 11.6 Å². The first kappa shape index (κ1) is 17.4. The molecule has 0 aliphatic carbocycles. The highest BCUT2D eigenvalue weighted by Gasteiger charge is 2.15. The van der Waals surface area contributed by atoms with Crippen LogP contribution >= 0.6 is 0 Å². The second-order valence-electron chi connectivity index (χ2n) is 6.04. The molecule has 2 amide bonds. The van der Waals surface area contributed by atoms with Gasteiger partial charge in [0.25, 0.3) is 5.91 Å². The number of anilines is 1. The average molecular weight is 352 g/mol. The molecule has 0 saturated carbocycles. The number of aryl methyl sites for hydroxylation is 2. The van der Waals surface area contributed by atoms with Crippen molar-refractivity contribution in [1.29, 1.82) is 0 Å². The molecule has 2 heterocycles. The van der Waals surface area contributed by atoms with Gasteiger partial charge in [0, 0.05) is 17.5 Å². The first-order valence-electron chi connectivity index (χ1n) is 8.29. The first-order chi connectivity index (χ1) is 12.5. The Balaban J connectivity index is 1.94. The summed E-state index contributed by atoms with van der Waals surface area (Å²) in [4.78, 5) is 24.1. The molecule has 0 saturated heterocycles. The average Bonchev–Trinajstić information content (AvgIpc) is 3.24. The third-order valence-corrected chi connectivity index (χ3v) is 3.87. The molecule has 0 aliphatic heterocycles. The maximum absolute atomic E-state index is 12.6. The number of hydrogen-bond acceptors (Lipinski definition) is 4. The van der Waals surface area contributed by atoms with Crippen molar-refractivity contribution in [3.63, 3.8) is 0 Å². The molecular weight excluding hydrogens is 332 g/mol. The minimum atomic E-state index is -0.575. The lowest BCUT2D eigenvalue weighted by atomic mass is 10.1. The summed E-state index contributed by atoms with van der Waals surface area (Å²) in [6.45, 7) is 3.97. The molecule has 3 aromatic rings. The van der Waals surface area contributed by atoms with Gasteiger partial charge in [0.2, 0.25) is 5.91 Å². The Kier molecular flexibility index (Phi) is 4.83. The standard InChI is InChI=1S/C18H20N6O2/c1-3-4-13-8-15(23-22-13)18(26)21-14-7-12(17(19)25)5-6-16(14)24-10-11(2)9-20-24/h5-10H,3-4H2,1-2H3,(H2,19,25)(H,21,26)(H,22,23). The van der Waals surface area contributed by atoms with Crippen LogP contribution in [0.15, 0.2) is 36.7 Å². The largest absolute Gasteiger partial charge is 0.366 e. The number of rotatable bonds is 6. The Morgan fingerprint density at radius 1 is 1.31 bits per heavy atom. The number of nitrogens with one attached hydrogen (secondary N) is 2. The van der Waals surface area contributed by atoms with Crippen molar-refractivity contribution in [3.05, 3.63) is 59.2 Å². The summed E-state index contributed by atoms with van der Waals surface area (Å²) in [6.07, 6.45) is 5.29. The fourth-order valence-corrected chi connectivity index (χ4v) is 2.60. The lowest BCUT2D eigenvalue weighted by Gasteiger charge is -2.11. The van der Waals surface area contributed by atoms with Crippen LogP contribution in [0.4, 0.5) is 5.69 Å². The van der Waals surface area contributed by atoms with E-state index < -0.39 is 5.91 Å². The number of benzene rings is 1. The molecule has 0 atom stereocenters. The van der Waals surface area contributed by atoms with Crippen LogP contribution in [0.3, 0.4) is 0 Å². The van der Waals surface area contributed by atoms with Crippen molar-refractivity contribution in [2.75, 3.05) is 5.32 Å². The van der Waals surface area contributed by atoms with Gasteiger partial charge in [0.15, 0.2) is 5.69 Å². The number of aromatic amines is 1. The third kappa shape index (κ3) is 3.64. The van der Waals surface area contributed by atoms with Crippen LogP contribution < -0.4 is 11.1 Å². The van der Waals surface area contributed by atoms with Crippen molar-refractivity contribution in [3.8, 4) is 5.69 Å². The predicted octanol–water partition coefficient (Wildman–Crippen LogP) is 2.21. The van der Waals surface area contributed by atoms with Gasteiger partial charge in [-0.1, -0.05) is 13.3 Å². The lowest BCUT2D eigenvalue weighted by Crippen LogP contribution is -2.17. The number of amides is 2. The van der Waals surface area contributed by atoms with Crippen LogP contribution in [0.25, 0.3) is 5.69 Å². The number of aromatic nitrogens is 4. The monoisotopic (exact) mass is 352 g/mol. The number of H-pyrrole nitrogens is 1. The molecule has 2 aromatic heterocycles. The van der Waals surface area contributed by atoms with Crippen molar-refractivity contribution in [2.24, 2.45) is 5.73 Å². The number of carbonyl (C=O) groups is 2. The first-order valence-corrected chi connectivity index (χ1v) is 8.29. The van der Waals surface area contributed by atoms with Crippen LogP contribution in [0.1, 0.15) is 45.4 Å². The topological polar surface area (TPSA) is 119 Å². The van der Waals surface area contributed by atoms with Crippen molar-refractivity contribution >= 4 is 17.5 Å². The van der Waals surface area contributed by atoms with Crippen molar-refractivity contribution in [1.82, 2.24) is 20.0 Å². The molecular formula is C18H20N6O2. The van der Waals surface area contributed by atoms with Gasteiger partial charge in [0.1, 0.15) is 0 Å². The second kappa shape index (κ2) is 7.22. The van der Waals surface area contributed by atoms with E-state index in [1.54, 1.807) is 29.1 Å². The zero-order valence-electron chi connectivity index (χ0n) is 14.6. The Labute approximate surface area is 150 Å². The van der Waals surface area contributed by atoms with Gasteiger partial charge in [-0.25, -0.2) is 4.68 Å². The zero-order valence-corrected chi connectivity index (χ0v) is 14.6. The lowest BCUT2D eigenvalue weighted by molar-refractivity contribution is 0.0995. The van der Waals surface area contributed by atoms with E-state index in [9.17, 15) is 9.59 Å². The maximum atomic E-state index is 12.6. The molecule has 8 nitrogen and oxygen atoms in total. The van der Waals surface area contributed by atoms with Crippen LogP contribution in [-0.2, 0) is 6.42 Å². The Morgan fingerprint density at radius 2 is 2.12 bits per heavy atom. The highest BCUT2D eigenvalue weighted by Crippen LogP contribution is 2.23. The maximum Gasteiger partial charge on any atom is 0.276 e. The van der Waals surface area contributed by atoms with E-state index in [2.05, 4.69) is 20.6 Å². The van der Waals surface area contributed by atoms with Crippen LogP contribution in [-0.4, -0.2) is 31.8 Å². The Morgan fingerprint density at radius 3 is 2.77 bits per heavy atom. The van der Waals surface area contributed by atoms with Gasteiger partial charge >= 0.3 is 0 Å². The molecule has 0 radical (unpaired) electrons. The van der Waals surface area contributed by atoms with E-state index in [4.69, 9.17) is 5.73 Å². The molecule has 0 bridgehead atoms. The number of primary amides is 1. The summed E-state index contributed by atoms with van der Waals surface area (Å²) in [5.41, 5.74) is 8.85. The van der Waals surface area contributed by atoms with Gasteiger partial charge in [-0.3, -0.25) is 14.7 Å². The van der Waals surface area contributed by atoms with E-state index in [1.165, 1.54) is 6.07 Å². The molecule has 0 aliphatic rings. The Hall–Kier alpha value is -3.42. The number of hydrogen-bond donors (Lipinski definition) is 3.